The van der Waals surface area contributed by atoms with Crippen LogP contribution in [0.25, 0.3) is 0 Å². The van der Waals surface area contributed by atoms with Gasteiger partial charge in [-0.05, 0) is 12.1 Å². The summed E-state index contributed by atoms with van der Waals surface area (Å²) >= 11 is 5.61. The Morgan fingerprint density at radius 1 is 1.50 bits per heavy atom. The molecule has 0 amide bonds. The average molecular weight is 242 g/mol. The normalized spacial score (nSPS) is 10.4. The molecule has 1 heterocycles. The highest BCUT2D eigenvalue weighted by Crippen LogP contribution is 2.30. The second-order valence-electron chi connectivity index (χ2n) is 3.22. The highest BCUT2D eigenvalue weighted by atomic mass is 35.5. The third-order valence-electron chi connectivity index (χ3n) is 1.94. The van der Waals surface area contributed by atoms with Gasteiger partial charge in [0.1, 0.15) is 5.69 Å². The van der Waals surface area contributed by atoms with Crippen LogP contribution in [-0.2, 0) is 7.05 Å². The number of aryl methyl sites for hydroxylation is 1. The number of halogens is 2. The molecule has 0 unspecified atom stereocenters. The molecule has 0 aliphatic carbocycles. The highest BCUT2D eigenvalue weighted by molar-refractivity contribution is 6.30. The second-order valence-corrected chi connectivity index (χ2v) is 3.62. The van der Waals surface area contributed by atoms with Crippen molar-refractivity contribution in [3.63, 3.8) is 0 Å². The minimum absolute atomic E-state index is 0.00194. The van der Waals surface area contributed by atoms with E-state index in [1.54, 1.807) is 19.3 Å². The number of aromatic nitrogens is 2. The molecular weight excluding hydrogens is 233 g/mol. The predicted octanol–water partition coefficient (Wildman–Crippen LogP) is 2.59. The van der Waals surface area contributed by atoms with Gasteiger partial charge in [0, 0.05) is 7.05 Å². The zero-order valence-electron chi connectivity index (χ0n) is 8.45. The molecule has 0 bridgehead atoms. The maximum atomic E-state index is 13.5. The molecule has 0 radical (unpaired) electrons. The van der Waals surface area contributed by atoms with E-state index in [1.165, 1.54) is 16.8 Å². The summed E-state index contributed by atoms with van der Waals surface area (Å²) in [7, 11) is 1.69. The van der Waals surface area contributed by atoms with Crippen LogP contribution in [-0.4, -0.2) is 9.78 Å². The number of rotatable bonds is 2. The summed E-state index contributed by atoms with van der Waals surface area (Å²) in [6, 6.07) is 4.47. The van der Waals surface area contributed by atoms with Crippen molar-refractivity contribution < 1.29 is 9.13 Å². The summed E-state index contributed by atoms with van der Waals surface area (Å²) in [4.78, 5) is 0. The van der Waals surface area contributed by atoms with Crippen LogP contribution in [0.15, 0.2) is 24.4 Å². The fourth-order valence-corrected chi connectivity index (χ4v) is 1.40. The number of hydrogen-bond acceptors (Lipinski definition) is 3. The first-order chi connectivity index (χ1) is 7.58. The lowest BCUT2D eigenvalue weighted by molar-refractivity contribution is 0.423. The Hall–Kier alpha value is -1.75. The summed E-state index contributed by atoms with van der Waals surface area (Å²) in [5.74, 6) is -0.476. The first-order valence-corrected chi connectivity index (χ1v) is 4.86. The summed E-state index contributed by atoms with van der Waals surface area (Å²) in [5, 5.41) is 3.93. The van der Waals surface area contributed by atoms with E-state index < -0.39 is 5.82 Å². The van der Waals surface area contributed by atoms with Crippen LogP contribution in [0.2, 0.25) is 5.02 Å². The lowest BCUT2D eigenvalue weighted by atomic mass is 10.3. The topological polar surface area (TPSA) is 53.1 Å². The number of anilines is 1. The van der Waals surface area contributed by atoms with Gasteiger partial charge in [0.2, 0.25) is 0 Å². The first kappa shape index (κ1) is 10.8. The number of nitrogens with zero attached hydrogens (tertiary/aromatic N) is 2. The van der Waals surface area contributed by atoms with Crippen molar-refractivity contribution in [1.29, 1.82) is 0 Å². The molecule has 0 atom stereocenters. The van der Waals surface area contributed by atoms with Crippen LogP contribution < -0.4 is 10.5 Å². The Bertz CT molecular complexity index is 527. The van der Waals surface area contributed by atoms with Gasteiger partial charge in [-0.2, -0.15) is 0 Å². The summed E-state index contributed by atoms with van der Waals surface area (Å²) in [6.45, 7) is 0. The number of nitrogen functional groups attached to an aromatic ring is 1. The van der Waals surface area contributed by atoms with E-state index in [-0.39, 0.29) is 16.7 Å². The first-order valence-electron chi connectivity index (χ1n) is 4.49. The minimum atomic E-state index is -0.630. The Balaban J connectivity index is 2.34. The van der Waals surface area contributed by atoms with Crippen molar-refractivity contribution >= 4 is 17.3 Å². The Morgan fingerprint density at radius 3 is 2.88 bits per heavy atom. The number of ether oxygens (including phenoxy) is 1. The fraction of sp³-hybridized carbons (Fsp3) is 0.100. The zero-order valence-corrected chi connectivity index (χ0v) is 9.20. The van der Waals surface area contributed by atoms with Gasteiger partial charge in [0.25, 0.3) is 5.88 Å². The van der Waals surface area contributed by atoms with Gasteiger partial charge in [-0.25, -0.2) is 4.39 Å². The van der Waals surface area contributed by atoms with Crippen molar-refractivity contribution in [2.75, 3.05) is 5.73 Å². The standard InChI is InChI=1S/C10H9ClFN3O/c1-15-5-7(13)10(14-15)16-8-4-2-3-6(11)9(8)12/h2-5H,13H2,1H3. The van der Waals surface area contributed by atoms with E-state index in [4.69, 9.17) is 22.1 Å². The van der Waals surface area contributed by atoms with Crippen LogP contribution in [0.1, 0.15) is 0 Å². The summed E-state index contributed by atoms with van der Waals surface area (Å²) in [5.41, 5.74) is 5.95. The SMILES string of the molecule is Cn1cc(N)c(Oc2cccc(Cl)c2F)n1. The number of hydrogen-bond donors (Lipinski definition) is 1. The largest absolute Gasteiger partial charge is 0.433 e. The molecule has 0 fully saturated rings. The van der Waals surface area contributed by atoms with Crippen molar-refractivity contribution in [2.24, 2.45) is 7.05 Å². The third-order valence-corrected chi connectivity index (χ3v) is 2.24. The van der Waals surface area contributed by atoms with Gasteiger partial charge in [0.15, 0.2) is 11.6 Å². The van der Waals surface area contributed by atoms with E-state index in [0.29, 0.717) is 5.69 Å². The van der Waals surface area contributed by atoms with Crippen molar-refractivity contribution in [1.82, 2.24) is 9.78 Å². The van der Waals surface area contributed by atoms with Gasteiger partial charge in [-0.15, -0.1) is 5.10 Å². The number of nitrogens with two attached hydrogens (primary N) is 1. The maximum absolute atomic E-state index is 13.5. The molecular formula is C10H9ClFN3O. The van der Waals surface area contributed by atoms with Gasteiger partial charge in [-0.3, -0.25) is 4.68 Å². The smallest absolute Gasteiger partial charge is 0.261 e. The van der Waals surface area contributed by atoms with E-state index >= 15 is 0 Å². The molecule has 0 spiro atoms. The van der Waals surface area contributed by atoms with Crippen molar-refractivity contribution in [3.05, 3.63) is 35.2 Å². The summed E-state index contributed by atoms with van der Waals surface area (Å²) < 4.78 is 20.2. The molecule has 0 aliphatic rings. The lowest BCUT2D eigenvalue weighted by Gasteiger charge is -2.04. The molecule has 0 saturated carbocycles. The minimum Gasteiger partial charge on any atom is -0.433 e. The Morgan fingerprint density at radius 2 is 2.25 bits per heavy atom. The molecule has 2 N–H and O–H groups in total. The Kier molecular flexibility index (Phi) is 2.70. The summed E-state index contributed by atoms with van der Waals surface area (Å²) in [6.07, 6.45) is 1.57. The average Bonchev–Trinajstić information content (AvgIpc) is 2.53. The number of benzene rings is 1. The molecule has 2 aromatic rings. The van der Waals surface area contributed by atoms with Gasteiger partial charge in [0.05, 0.1) is 11.2 Å². The van der Waals surface area contributed by atoms with Crippen LogP contribution in [0, 0.1) is 5.82 Å². The molecule has 1 aromatic carbocycles. The van der Waals surface area contributed by atoms with Crippen LogP contribution in [0.3, 0.4) is 0 Å². The van der Waals surface area contributed by atoms with E-state index in [2.05, 4.69) is 5.10 Å². The molecule has 16 heavy (non-hydrogen) atoms. The van der Waals surface area contributed by atoms with E-state index in [9.17, 15) is 4.39 Å². The van der Waals surface area contributed by atoms with Gasteiger partial charge >= 0.3 is 0 Å². The second kappa shape index (κ2) is 4.02. The molecule has 4 nitrogen and oxygen atoms in total. The predicted molar refractivity (Wildman–Crippen MR) is 59.1 cm³/mol. The van der Waals surface area contributed by atoms with E-state index in [1.807, 2.05) is 0 Å². The van der Waals surface area contributed by atoms with Crippen LogP contribution >= 0.6 is 11.6 Å². The molecule has 0 saturated heterocycles. The maximum Gasteiger partial charge on any atom is 0.261 e. The Labute approximate surface area is 96.4 Å². The quantitative estimate of drug-likeness (QED) is 0.879. The van der Waals surface area contributed by atoms with Crippen LogP contribution in [0.4, 0.5) is 10.1 Å². The van der Waals surface area contributed by atoms with Crippen molar-refractivity contribution in [3.8, 4) is 11.6 Å². The monoisotopic (exact) mass is 241 g/mol. The lowest BCUT2D eigenvalue weighted by Crippen LogP contribution is -1.93. The van der Waals surface area contributed by atoms with Crippen LogP contribution in [0.5, 0.6) is 11.6 Å². The van der Waals surface area contributed by atoms with Gasteiger partial charge < -0.3 is 10.5 Å². The highest BCUT2D eigenvalue weighted by Gasteiger charge is 2.12. The fourth-order valence-electron chi connectivity index (χ4n) is 1.23. The molecule has 1 aromatic heterocycles. The molecule has 0 aliphatic heterocycles. The molecule has 2 rings (SSSR count). The third kappa shape index (κ3) is 1.94. The molecule has 6 heteroatoms. The van der Waals surface area contributed by atoms with E-state index in [0.717, 1.165) is 0 Å². The van der Waals surface area contributed by atoms with Gasteiger partial charge in [-0.1, -0.05) is 17.7 Å². The zero-order chi connectivity index (χ0) is 11.7. The molecule has 84 valence electrons. The van der Waals surface area contributed by atoms with Crippen molar-refractivity contribution in [2.45, 2.75) is 0 Å².